The van der Waals surface area contributed by atoms with Gasteiger partial charge in [0.25, 0.3) is 0 Å². The Hall–Kier alpha value is -1.28. The van der Waals surface area contributed by atoms with Gasteiger partial charge < -0.3 is 4.84 Å². The quantitative estimate of drug-likeness (QED) is 0.653. The highest BCUT2D eigenvalue weighted by atomic mass is 16.6. The zero-order valence-electron chi connectivity index (χ0n) is 6.03. The van der Waals surface area contributed by atoms with E-state index in [-0.39, 0.29) is 6.04 Å². The van der Waals surface area contributed by atoms with Crippen LogP contribution in [0.2, 0.25) is 0 Å². The molecular formula is C9H9NO. The van der Waals surface area contributed by atoms with Crippen LogP contribution in [0.3, 0.4) is 0 Å². The van der Waals surface area contributed by atoms with Gasteiger partial charge in [-0.15, -0.1) is 5.48 Å². The van der Waals surface area contributed by atoms with Gasteiger partial charge in [0.15, 0.2) is 0 Å². The van der Waals surface area contributed by atoms with Crippen molar-refractivity contribution in [2.24, 2.45) is 0 Å². The molecule has 1 aromatic rings. The van der Waals surface area contributed by atoms with Crippen LogP contribution in [0.1, 0.15) is 11.6 Å². The minimum Gasteiger partial charge on any atom is -0.416 e. The zero-order valence-corrected chi connectivity index (χ0v) is 6.03. The van der Waals surface area contributed by atoms with Gasteiger partial charge in [-0.3, -0.25) is 0 Å². The molecule has 0 saturated heterocycles. The normalized spacial score (nSPS) is 21.6. The Bertz CT molecular complexity index is 256. The van der Waals surface area contributed by atoms with Crippen molar-refractivity contribution < 1.29 is 4.84 Å². The number of rotatable bonds is 1. The summed E-state index contributed by atoms with van der Waals surface area (Å²) in [7, 11) is 0. The molecular weight excluding hydrogens is 138 g/mol. The lowest BCUT2D eigenvalue weighted by atomic mass is 10.1. The summed E-state index contributed by atoms with van der Waals surface area (Å²) in [5, 5.41) is 0. The van der Waals surface area contributed by atoms with Crippen LogP contribution in [0.4, 0.5) is 0 Å². The average molecular weight is 147 g/mol. The van der Waals surface area contributed by atoms with E-state index in [0.29, 0.717) is 0 Å². The summed E-state index contributed by atoms with van der Waals surface area (Å²) in [6.45, 7) is 0. The Kier molecular flexibility index (Phi) is 1.61. The first-order valence-electron chi connectivity index (χ1n) is 3.59. The summed E-state index contributed by atoms with van der Waals surface area (Å²) in [6, 6.07) is 10.4. The maximum absolute atomic E-state index is 4.88. The predicted molar refractivity (Wildman–Crippen MR) is 42.5 cm³/mol. The van der Waals surface area contributed by atoms with Crippen molar-refractivity contribution >= 4 is 0 Å². The minimum atomic E-state index is 0.219. The van der Waals surface area contributed by atoms with Gasteiger partial charge in [0, 0.05) is 0 Å². The van der Waals surface area contributed by atoms with E-state index in [1.54, 1.807) is 6.26 Å². The Morgan fingerprint density at radius 2 is 2.00 bits per heavy atom. The Morgan fingerprint density at radius 1 is 1.18 bits per heavy atom. The molecule has 56 valence electrons. The number of hydrogen-bond donors (Lipinski definition) is 1. The van der Waals surface area contributed by atoms with Crippen LogP contribution in [0.5, 0.6) is 0 Å². The Labute approximate surface area is 65.4 Å². The van der Waals surface area contributed by atoms with Gasteiger partial charge in [0.1, 0.15) is 6.26 Å². The van der Waals surface area contributed by atoms with Gasteiger partial charge in [0.05, 0.1) is 6.04 Å². The molecule has 11 heavy (non-hydrogen) atoms. The minimum absolute atomic E-state index is 0.219. The molecule has 1 aromatic carbocycles. The van der Waals surface area contributed by atoms with E-state index in [9.17, 15) is 0 Å². The third kappa shape index (κ3) is 1.25. The molecule has 0 radical (unpaired) electrons. The molecule has 0 spiro atoms. The first-order valence-corrected chi connectivity index (χ1v) is 3.59. The van der Waals surface area contributed by atoms with Gasteiger partial charge in [-0.1, -0.05) is 30.3 Å². The summed E-state index contributed by atoms with van der Waals surface area (Å²) >= 11 is 0. The summed E-state index contributed by atoms with van der Waals surface area (Å²) < 4.78 is 0. The van der Waals surface area contributed by atoms with Crippen molar-refractivity contribution in [2.45, 2.75) is 6.04 Å². The number of hydrogen-bond acceptors (Lipinski definition) is 2. The molecule has 2 heteroatoms. The average Bonchev–Trinajstić information content (AvgIpc) is 2.58. The second-order valence-electron chi connectivity index (χ2n) is 2.45. The monoisotopic (exact) mass is 147 g/mol. The predicted octanol–water partition coefficient (Wildman–Crippen LogP) is 1.78. The highest BCUT2D eigenvalue weighted by Crippen LogP contribution is 2.16. The van der Waals surface area contributed by atoms with Gasteiger partial charge in [0.2, 0.25) is 0 Å². The van der Waals surface area contributed by atoms with E-state index in [4.69, 9.17) is 4.84 Å². The first-order chi connectivity index (χ1) is 5.47. The molecule has 0 amide bonds. The van der Waals surface area contributed by atoms with Crippen molar-refractivity contribution in [3.05, 3.63) is 48.2 Å². The Balaban J connectivity index is 2.23. The van der Waals surface area contributed by atoms with Crippen LogP contribution in [0, 0.1) is 0 Å². The third-order valence-corrected chi connectivity index (χ3v) is 1.69. The standard InChI is InChI=1S/C9H9NO/c1-2-4-8(5-3-1)9-6-7-11-10-9/h1-7,9-10H. The van der Waals surface area contributed by atoms with Crippen LogP contribution < -0.4 is 5.48 Å². The van der Waals surface area contributed by atoms with E-state index in [2.05, 4.69) is 17.6 Å². The number of nitrogens with one attached hydrogen (secondary N) is 1. The lowest BCUT2D eigenvalue weighted by Crippen LogP contribution is -2.11. The van der Waals surface area contributed by atoms with Crippen LogP contribution in [0.15, 0.2) is 42.7 Å². The highest BCUT2D eigenvalue weighted by Gasteiger charge is 2.10. The molecule has 1 N–H and O–H groups in total. The van der Waals surface area contributed by atoms with Crippen molar-refractivity contribution in [1.82, 2.24) is 5.48 Å². The first kappa shape index (κ1) is 6.43. The second kappa shape index (κ2) is 2.76. The van der Waals surface area contributed by atoms with Gasteiger partial charge in [-0.05, 0) is 11.6 Å². The summed E-state index contributed by atoms with van der Waals surface area (Å²) in [4.78, 5) is 4.88. The fourth-order valence-corrected chi connectivity index (χ4v) is 1.11. The zero-order chi connectivity index (χ0) is 7.52. The SMILES string of the molecule is C1=CC(c2ccccc2)NO1. The topological polar surface area (TPSA) is 21.3 Å². The lowest BCUT2D eigenvalue weighted by molar-refractivity contribution is 0.142. The van der Waals surface area contributed by atoms with Crippen LogP contribution in [-0.2, 0) is 4.84 Å². The molecule has 1 heterocycles. The molecule has 1 atom stereocenters. The van der Waals surface area contributed by atoms with Crippen molar-refractivity contribution in [2.75, 3.05) is 0 Å². The van der Waals surface area contributed by atoms with Gasteiger partial charge in [-0.25, -0.2) is 0 Å². The largest absolute Gasteiger partial charge is 0.416 e. The van der Waals surface area contributed by atoms with E-state index in [0.717, 1.165) is 0 Å². The van der Waals surface area contributed by atoms with Crippen molar-refractivity contribution in [3.63, 3.8) is 0 Å². The smallest absolute Gasteiger partial charge is 0.109 e. The van der Waals surface area contributed by atoms with E-state index in [1.165, 1.54) is 5.56 Å². The fourth-order valence-electron chi connectivity index (χ4n) is 1.11. The molecule has 1 aliphatic heterocycles. The lowest BCUT2D eigenvalue weighted by Gasteiger charge is -2.06. The molecule has 2 rings (SSSR count). The summed E-state index contributed by atoms with van der Waals surface area (Å²) in [6.07, 6.45) is 3.65. The molecule has 0 bridgehead atoms. The van der Waals surface area contributed by atoms with Crippen molar-refractivity contribution in [3.8, 4) is 0 Å². The molecule has 0 saturated carbocycles. The molecule has 0 fully saturated rings. The highest BCUT2D eigenvalue weighted by molar-refractivity contribution is 5.22. The number of benzene rings is 1. The van der Waals surface area contributed by atoms with Crippen LogP contribution in [0.25, 0.3) is 0 Å². The van der Waals surface area contributed by atoms with E-state index < -0.39 is 0 Å². The van der Waals surface area contributed by atoms with Crippen molar-refractivity contribution in [1.29, 1.82) is 0 Å². The summed E-state index contributed by atoms with van der Waals surface area (Å²) in [5.41, 5.74) is 4.09. The van der Waals surface area contributed by atoms with Crippen LogP contribution in [-0.4, -0.2) is 0 Å². The number of hydroxylamine groups is 1. The molecule has 1 unspecified atom stereocenters. The van der Waals surface area contributed by atoms with Gasteiger partial charge >= 0.3 is 0 Å². The van der Waals surface area contributed by atoms with Crippen LogP contribution >= 0.6 is 0 Å². The van der Waals surface area contributed by atoms with E-state index >= 15 is 0 Å². The van der Waals surface area contributed by atoms with E-state index in [1.807, 2.05) is 24.3 Å². The molecule has 1 aliphatic rings. The second-order valence-corrected chi connectivity index (χ2v) is 2.45. The molecule has 2 nitrogen and oxygen atoms in total. The maximum atomic E-state index is 4.88. The molecule has 0 aromatic heterocycles. The Morgan fingerprint density at radius 3 is 2.64 bits per heavy atom. The fraction of sp³-hybridized carbons (Fsp3) is 0.111. The van der Waals surface area contributed by atoms with Gasteiger partial charge in [-0.2, -0.15) is 0 Å². The summed E-state index contributed by atoms with van der Waals surface area (Å²) in [5.74, 6) is 0. The third-order valence-electron chi connectivity index (χ3n) is 1.69. The maximum Gasteiger partial charge on any atom is 0.109 e. The molecule has 0 aliphatic carbocycles.